The van der Waals surface area contributed by atoms with Crippen molar-refractivity contribution in [1.82, 2.24) is 0 Å². The predicted molar refractivity (Wildman–Crippen MR) is 141 cm³/mol. The molecule has 0 aliphatic heterocycles. The van der Waals surface area contributed by atoms with E-state index >= 15 is 0 Å². The minimum atomic E-state index is -2.56. The predicted octanol–water partition coefficient (Wildman–Crippen LogP) is 2.28. The van der Waals surface area contributed by atoms with Gasteiger partial charge < -0.3 is 24.8 Å². The molecule has 0 fully saturated rings. The van der Waals surface area contributed by atoms with E-state index in [1.165, 1.54) is 39.0 Å². The van der Waals surface area contributed by atoms with Crippen LogP contribution in [0.1, 0.15) is 46.1 Å². The van der Waals surface area contributed by atoms with Crippen LogP contribution in [0, 0.1) is 0 Å². The summed E-state index contributed by atoms with van der Waals surface area (Å²) in [6.07, 6.45) is 3.57. The van der Waals surface area contributed by atoms with E-state index < -0.39 is 21.3 Å². The fourth-order valence-corrected chi connectivity index (χ4v) is 15.4. The summed E-state index contributed by atoms with van der Waals surface area (Å²) in [5.41, 5.74) is 11.7. The molecule has 0 radical (unpaired) electrons. The number of benzene rings is 4. The topological polar surface area (TPSA) is 0 Å². The number of halogens is 2. The summed E-state index contributed by atoms with van der Waals surface area (Å²) >= 11 is -2.56. The Morgan fingerprint density at radius 2 is 1.06 bits per heavy atom. The van der Waals surface area contributed by atoms with Crippen LogP contribution in [0.25, 0.3) is 11.1 Å². The zero-order chi connectivity index (χ0) is 23.1. The Hall–Kier alpha value is -2.31. The molecule has 0 atom stereocenters. The Kier molecular flexibility index (Phi) is 8.46. The third kappa shape index (κ3) is 4.59. The van der Waals surface area contributed by atoms with Crippen LogP contribution in [0.5, 0.6) is 0 Å². The minimum Gasteiger partial charge on any atom is -1.00 e. The number of allylic oxidation sites excluding steroid dienone is 4. The van der Waals surface area contributed by atoms with Crippen LogP contribution in [-0.2, 0) is 21.3 Å². The van der Waals surface area contributed by atoms with Crippen molar-refractivity contribution in [2.75, 3.05) is 0 Å². The first-order valence-electron chi connectivity index (χ1n) is 12.1. The summed E-state index contributed by atoms with van der Waals surface area (Å²) in [5, 5.41) is 0. The molecule has 0 aromatic heterocycles. The van der Waals surface area contributed by atoms with E-state index in [9.17, 15) is 0 Å². The van der Waals surface area contributed by atoms with Gasteiger partial charge in [-0.05, 0) is 0 Å². The van der Waals surface area contributed by atoms with Gasteiger partial charge in [0.25, 0.3) is 0 Å². The van der Waals surface area contributed by atoms with Crippen LogP contribution in [0.4, 0.5) is 0 Å². The average molecular weight is 587 g/mol. The molecule has 2 aliphatic carbocycles. The molecule has 6 rings (SSSR count). The Morgan fingerprint density at radius 1 is 0.611 bits per heavy atom. The number of fused-ring (bicyclic) bond motifs is 3. The van der Waals surface area contributed by atoms with E-state index in [4.69, 9.17) is 0 Å². The molecular formula is C33H28Cl2Zr. The smallest absolute Gasteiger partial charge is 1.00 e. The molecule has 0 heterocycles. The van der Waals surface area contributed by atoms with Gasteiger partial charge in [0, 0.05) is 0 Å². The Bertz CT molecular complexity index is 1390. The molecule has 0 unspecified atom stereocenters. The van der Waals surface area contributed by atoms with E-state index in [1.54, 1.807) is 12.1 Å². The third-order valence-corrected chi connectivity index (χ3v) is 16.2. The first-order chi connectivity index (χ1) is 16.7. The number of rotatable bonds is 4. The molecule has 4 aromatic carbocycles. The van der Waals surface area contributed by atoms with Gasteiger partial charge in [0.05, 0.1) is 0 Å². The standard InChI is InChI=1S/C13H9.C13H10.C7H9.2ClH.Zr/c1-3-7-12-10(5-1)9-11-6-2-4-8-13(11)12;1-3-7-12(8-4-1)11-13-9-5-2-6-10-13;1-6-4-3-5-7(6)2;;;/h1-9H;1-10H;4H,3H2,1-2H3;2*1H;/q;;;;;+2/p-2. The number of hydrogen-bond donors (Lipinski definition) is 0. The summed E-state index contributed by atoms with van der Waals surface area (Å²) < 4.78 is 3.85. The van der Waals surface area contributed by atoms with E-state index in [1.807, 2.05) is 0 Å². The summed E-state index contributed by atoms with van der Waals surface area (Å²) in [5.74, 6) is 0. The molecule has 0 amide bonds. The van der Waals surface area contributed by atoms with Crippen molar-refractivity contribution in [1.29, 1.82) is 0 Å². The normalized spacial score (nSPS) is 13.5. The summed E-state index contributed by atoms with van der Waals surface area (Å²) in [6, 6.07) is 40.8. The van der Waals surface area contributed by atoms with Crippen molar-refractivity contribution >= 4 is 3.21 Å². The monoisotopic (exact) mass is 584 g/mol. The van der Waals surface area contributed by atoms with Crippen molar-refractivity contribution < 1.29 is 46.1 Å². The largest absolute Gasteiger partial charge is 1.00 e. The van der Waals surface area contributed by atoms with Crippen molar-refractivity contribution in [3.05, 3.63) is 152 Å². The van der Waals surface area contributed by atoms with E-state index in [2.05, 4.69) is 129 Å². The molecule has 0 spiro atoms. The van der Waals surface area contributed by atoms with Gasteiger partial charge in [-0.25, -0.2) is 0 Å². The van der Waals surface area contributed by atoms with Crippen LogP contribution in [0.2, 0.25) is 0 Å². The van der Waals surface area contributed by atoms with Crippen molar-refractivity contribution in [2.24, 2.45) is 0 Å². The molecule has 2 aliphatic rings. The molecule has 4 aromatic rings. The van der Waals surface area contributed by atoms with Crippen LogP contribution < -0.4 is 24.8 Å². The zero-order valence-corrected chi connectivity index (χ0v) is 24.5. The SMILES string of the molecule is CC1=CC[C]([Zr+2](=[C](c2ccccc2)c2ccccc2)[CH]2c3ccccc3-c3ccccc32)=C1C.[Cl-].[Cl-]. The van der Waals surface area contributed by atoms with Gasteiger partial charge in [-0.3, -0.25) is 0 Å². The average Bonchev–Trinajstić information content (AvgIpc) is 3.40. The van der Waals surface area contributed by atoms with Crippen molar-refractivity contribution in [3.63, 3.8) is 0 Å². The molecule has 0 saturated carbocycles. The molecule has 36 heavy (non-hydrogen) atoms. The quantitative estimate of drug-likeness (QED) is 0.345. The van der Waals surface area contributed by atoms with Gasteiger partial charge in [-0.15, -0.1) is 0 Å². The molecule has 3 heteroatoms. The molecule has 178 valence electrons. The zero-order valence-electron chi connectivity index (χ0n) is 20.5. The summed E-state index contributed by atoms with van der Waals surface area (Å²) in [6.45, 7) is 4.67. The Balaban J connectivity index is 0.00000152. The van der Waals surface area contributed by atoms with Gasteiger partial charge >= 0.3 is 211 Å². The fraction of sp³-hybridized carbons (Fsp3) is 0.121. The summed E-state index contributed by atoms with van der Waals surface area (Å²) in [7, 11) is 0. The van der Waals surface area contributed by atoms with E-state index in [0.717, 1.165) is 6.42 Å². The van der Waals surface area contributed by atoms with Crippen LogP contribution in [0.15, 0.2) is 130 Å². The molecule has 0 nitrogen and oxygen atoms in total. The number of hydrogen-bond acceptors (Lipinski definition) is 0. The van der Waals surface area contributed by atoms with Crippen molar-refractivity contribution in [2.45, 2.75) is 23.9 Å². The van der Waals surface area contributed by atoms with Crippen LogP contribution in [-0.4, -0.2) is 3.21 Å². The Morgan fingerprint density at radius 3 is 1.50 bits per heavy atom. The second-order valence-electron chi connectivity index (χ2n) is 9.32. The van der Waals surface area contributed by atoms with Crippen LogP contribution in [0.3, 0.4) is 0 Å². The maximum Gasteiger partial charge on any atom is -1.00 e. The molecule has 0 bridgehead atoms. The van der Waals surface area contributed by atoms with Crippen molar-refractivity contribution in [3.8, 4) is 11.1 Å². The van der Waals surface area contributed by atoms with Gasteiger partial charge in [0.1, 0.15) is 0 Å². The minimum absolute atomic E-state index is 0. The van der Waals surface area contributed by atoms with Gasteiger partial charge in [0.15, 0.2) is 0 Å². The van der Waals surface area contributed by atoms with Gasteiger partial charge in [-0.1, -0.05) is 0 Å². The summed E-state index contributed by atoms with van der Waals surface area (Å²) in [4.78, 5) is 0. The first kappa shape index (κ1) is 26.7. The third-order valence-electron chi connectivity index (χ3n) is 7.50. The van der Waals surface area contributed by atoms with Gasteiger partial charge in [0.2, 0.25) is 0 Å². The maximum absolute atomic E-state index is 2.56. The fourth-order valence-electron chi connectivity index (χ4n) is 5.73. The second-order valence-corrected chi connectivity index (χ2v) is 15.5. The van der Waals surface area contributed by atoms with Crippen LogP contribution >= 0.6 is 0 Å². The molecule has 0 N–H and O–H groups in total. The second kappa shape index (κ2) is 11.4. The first-order valence-corrected chi connectivity index (χ1v) is 16.0. The maximum atomic E-state index is 2.46. The molecule has 0 saturated heterocycles. The van der Waals surface area contributed by atoms with E-state index in [-0.39, 0.29) is 24.8 Å². The Labute approximate surface area is 234 Å². The van der Waals surface area contributed by atoms with Gasteiger partial charge in [-0.2, -0.15) is 0 Å². The molecular weight excluding hydrogens is 558 g/mol. The van der Waals surface area contributed by atoms with E-state index in [0.29, 0.717) is 3.63 Å².